The van der Waals surface area contributed by atoms with Crippen LogP contribution in [0.25, 0.3) is 0 Å². The van der Waals surface area contributed by atoms with Gasteiger partial charge in [-0.3, -0.25) is 0 Å². The number of rotatable bonds is 3. The lowest BCUT2D eigenvalue weighted by Gasteiger charge is -2.16. The number of hydrogen-bond acceptors (Lipinski definition) is 4. The lowest BCUT2D eigenvalue weighted by Crippen LogP contribution is -2.37. The smallest absolute Gasteiger partial charge is 0.349 e. The van der Waals surface area contributed by atoms with Crippen LogP contribution in [0, 0.1) is 0 Å². The summed E-state index contributed by atoms with van der Waals surface area (Å²) in [6.07, 6.45) is 2.72. The number of allylic oxidation sites excluding steroid dienone is 1. The second kappa shape index (κ2) is 4.26. The van der Waals surface area contributed by atoms with Gasteiger partial charge < -0.3 is 10.2 Å². The molecule has 2 unspecified atom stereocenters. The Bertz CT molecular complexity index is 691. The van der Waals surface area contributed by atoms with E-state index in [9.17, 15) is 19.2 Å². The molecule has 1 aliphatic heterocycles. The van der Waals surface area contributed by atoms with Gasteiger partial charge in [0.1, 0.15) is 6.04 Å². The Kier molecular flexibility index (Phi) is 2.89. The standard InChI is InChI=1S/C10H11N3O6/c1-5(7(14)15)12-9(18)11-4-2-3-6(8(16)17)13(11)10(12)19/h2-3,5-6H,4H2,1H3,(H,14,15)(H,16,17). The van der Waals surface area contributed by atoms with Crippen molar-refractivity contribution < 1.29 is 19.8 Å². The van der Waals surface area contributed by atoms with Gasteiger partial charge in [-0.2, -0.15) is 0 Å². The molecule has 2 atom stereocenters. The highest BCUT2D eigenvalue weighted by Crippen LogP contribution is 2.11. The van der Waals surface area contributed by atoms with Crippen LogP contribution in [0.15, 0.2) is 21.7 Å². The maximum atomic E-state index is 12.0. The fraction of sp³-hybridized carbons (Fsp3) is 0.400. The maximum Gasteiger partial charge on any atom is 0.349 e. The highest BCUT2D eigenvalue weighted by molar-refractivity contribution is 5.74. The molecule has 0 aliphatic carbocycles. The van der Waals surface area contributed by atoms with Gasteiger partial charge in [0.05, 0.1) is 6.54 Å². The van der Waals surface area contributed by atoms with Crippen LogP contribution in [0.2, 0.25) is 0 Å². The van der Waals surface area contributed by atoms with E-state index in [0.717, 1.165) is 9.36 Å². The molecule has 0 saturated heterocycles. The Morgan fingerprint density at radius 3 is 2.47 bits per heavy atom. The molecule has 0 radical (unpaired) electrons. The zero-order valence-corrected chi connectivity index (χ0v) is 9.89. The first-order chi connectivity index (χ1) is 8.86. The number of carboxylic acids is 2. The summed E-state index contributed by atoms with van der Waals surface area (Å²) in [5, 5.41) is 17.9. The molecule has 1 aromatic rings. The second-order valence-corrected chi connectivity index (χ2v) is 4.09. The summed E-state index contributed by atoms with van der Waals surface area (Å²) in [6, 6.07) is -2.67. The SMILES string of the molecule is CC(C(=O)O)n1c(=O)n2n(c1=O)C(C(=O)O)C=CC2. The molecule has 0 fully saturated rings. The number of nitrogens with zero attached hydrogens (tertiary/aromatic N) is 3. The monoisotopic (exact) mass is 269 g/mol. The number of fused-ring (bicyclic) bond motifs is 1. The molecule has 0 amide bonds. The minimum atomic E-state index is -1.36. The Morgan fingerprint density at radius 1 is 1.32 bits per heavy atom. The molecule has 9 heteroatoms. The predicted octanol–water partition coefficient (Wildman–Crippen LogP) is -1.35. The third-order valence-corrected chi connectivity index (χ3v) is 2.95. The normalized spacial score (nSPS) is 18.9. The molecule has 1 aromatic heterocycles. The number of carboxylic acid groups (broad SMARTS) is 2. The van der Waals surface area contributed by atoms with Crippen molar-refractivity contribution in [1.82, 2.24) is 13.9 Å². The van der Waals surface area contributed by atoms with E-state index in [2.05, 4.69) is 0 Å². The molecular formula is C10H11N3O6. The van der Waals surface area contributed by atoms with E-state index >= 15 is 0 Å². The van der Waals surface area contributed by atoms with Gasteiger partial charge in [0.25, 0.3) is 0 Å². The molecule has 0 saturated carbocycles. The predicted molar refractivity (Wildman–Crippen MR) is 61.1 cm³/mol. The molecular weight excluding hydrogens is 258 g/mol. The van der Waals surface area contributed by atoms with E-state index < -0.39 is 35.4 Å². The number of hydrogen-bond donors (Lipinski definition) is 2. The van der Waals surface area contributed by atoms with Gasteiger partial charge in [-0.1, -0.05) is 12.2 Å². The summed E-state index contributed by atoms with van der Waals surface area (Å²) in [7, 11) is 0. The molecule has 2 heterocycles. The van der Waals surface area contributed by atoms with E-state index in [1.807, 2.05) is 0 Å². The third kappa shape index (κ3) is 1.79. The lowest BCUT2D eigenvalue weighted by molar-refractivity contribution is -0.141. The first-order valence-corrected chi connectivity index (χ1v) is 5.42. The van der Waals surface area contributed by atoms with Crippen molar-refractivity contribution in [3.05, 3.63) is 33.1 Å². The van der Waals surface area contributed by atoms with E-state index in [4.69, 9.17) is 10.2 Å². The van der Waals surface area contributed by atoms with E-state index in [1.165, 1.54) is 19.1 Å². The summed E-state index contributed by atoms with van der Waals surface area (Å²) in [6.45, 7) is 1.21. The van der Waals surface area contributed by atoms with Crippen molar-refractivity contribution in [2.45, 2.75) is 25.6 Å². The third-order valence-electron chi connectivity index (χ3n) is 2.95. The van der Waals surface area contributed by atoms with Crippen molar-refractivity contribution in [3.8, 4) is 0 Å². The molecule has 2 N–H and O–H groups in total. The highest BCUT2D eigenvalue weighted by atomic mass is 16.4. The first kappa shape index (κ1) is 12.9. The molecule has 102 valence electrons. The average Bonchev–Trinajstić information content (AvgIpc) is 2.61. The van der Waals surface area contributed by atoms with Crippen LogP contribution in [0.1, 0.15) is 19.0 Å². The lowest BCUT2D eigenvalue weighted by atomic mass is 10.2. The molecule has 0 bridgehead atoms. The zero-order valence-electron chi connectivity index (χ0n) is 9.89. The van der Waals surface area contributed by atoms with Crippen LogP contribution in [0.3, 0.4) is 0 Å². The number of carbonyl (C=O) groups is 2. The largest absolute Gasteiger partial charge is 0.480 e. The van der Waals surface area contributed by atoms with Crippen molar-refractivity contribution in [1.29, 1.82) is 0 Å². The van der Waals surface area contributed by atoms with Crippen LogP contribution >= 0.6 is 0 Å². The summed E-state index contributed by atoms with van der Waals surface area (Å²) in [5.41, 5.74) is -1.79. The molecule has 2 rings (SSSR count). The van der Waals surface area contributed by atoms with Gasteiger partial charge in [-0.05, 0) is 6.92 Å². The average molecular weight is 269 g/mol. The van der Waals surface area contributed by atoms with Gasteiger partial charge in [0.2, 0.25) is 0 Å². The van der Waals surface area contributed by atoms with E-state index in [1.54, 1.807) is 0 Å². The van der Waals surface area contributed by atoms with Crippen molar-refractivity contribution in [2.24, 2.45) is 0 Å². The minimum Gasteiger partial charge on any atom is -0.480 e. The topological polar surface area (TPSA) is 124 Å². The van der Waals surface area contributed by atoms with Crippen LogP contribution in [0.4, 0.5) is 0 Å². The van der Waals surface area contributed by atoms with Gasteiger partial charge in [0, 0.05) is 0 Å². The number of aromatic nitrogens is 3. The minimum absolute atomic E-state index is 0.0250. The highest BCUT2D eigenvalue weighted by Gasteiger charge is 2.31. The maximum absolute atomic E-state index is 12.0. The summed E-state index contributed by atoms with van der Waals surface area (Å²) in [4.78, 5) is 45.9. The summed E-state index contributed by atoms with van der Waals surface area (Å²) < 4.78 is 2.20. The molecule has 1 aliphatic rings. The van der Waals surface area contributed by atoms with Crippen molar-refractivity contribution in [3.63, 3.8) is 0 Å². The second-order valence-electron chi connectivity index (χ2n) is 4.09. The van der Waals surface area contributed by atoms with E-state index in [0.29, 0.717) is 4.57 Å². The van der Waals surface area contributed by atoms with Crippen LogP contribution in [-0.2, 0) is 16.1 Å². The van der Waals surface area contributed by atoms with Crippen LogP contribution in [-0.4, -0.2) is 36.1 Å². The van der Waals surface area contributed by atoms with Crippen LogP contribution < -0.4 is 11.4 Å². The Hall–Kier alpha value is -2.58. The van der Waals surface area contributed by atoms with E-state index in [-0.39, 0.29) is 6.54 Å². The zero-order chi connectivity index (χ0) is 14.3. The summed E-state index contributed by atoms with van der Waals surface area (Å²) >= 11 is 0. The van der Waals surface area contributed by atoms with Crippen LogP contribution in [0.5, 0.6) is 0 Å². The fourth-order valence-electron chi connectivity index (χ4n) is 1.95. The molecule has 9 nitrogen and oxygen atoms in total. The number of aliphatic carboxylic acids is 2. The quantitative estimate of drug-likeness (QED) is 0.654. The molecule has 0 spiro atoms. The van der Waals surface area contributed by atoms with Gasteiger partial charge in [-0.25, -0.2) is 33.1 Å². The molecule has 0 aromatic carbocycles. The first-order valence-electron chi connectivity index (χ1n) is 5.42. The van der Waals surface area contributed by atoms with Gasteiger partial charge in [0.15, 0.2) is 6.04 Å². The summed E-state index contributed by atoms with van der Waals surface area (Å²) in [5.74, 6) is -2.64. The Morgan fingerprint density at radius 2 is 1.95 bits per heavy atom. The van der Waals surface area contributed by atoms with Gasteiger partial charge >= 0.3 is 23.3 Å². The van der Waals surface area contributed by atoms with Crippen molar-refractivity contribution >= 4 is 11.9 Å². The Balaban J connectivity index is 2.72. The van der Waals surface area contributed by atoms with Gasteiger partial charge in [-0.15, -0.1) is 0 Å². The fourth-order valence-corrected chi connectivity index (χ4v) is 1.95. The van der Waals surface area contributed by atoms with Crippen molar-refractivity contribution in [2.75, 3.05) is 0 Å². The Labute approximate surface area is 105 Å². The molecule has 19 heavy (non-hydrogen) atoms.